The van der Waals surface area contributed by atoms with Crippen LogP contribution in [0, 0.1) is 11.6 Å². The summed E-state index contributed by atoms with van der Waals surface area (Å²) in [6.45, 7) is 1.47. The van der Waals surface area contributed by atoms with Gasteiger partial charge in [0.2, 0.25) is 5.91 Å². The molecule has 13 heteroatoms. The number of carbonyl (C=O) groups is 1. The molecule has 1 fully saturated rings. The van der Waals surface area contributed by atoms with E-state index in [1.165, 1.54) is 47.9 Å². The van der Waals surface area contributed by atoms with Gasteiger partial charge in [-0.3, -0.25) is 9.35 Å². The smallest absolute Gasteiger partial charge is 0.311 e. The summed E-state index contributed by atoms with van der Waals surface area (Å²) in [5.41, 5.74) is 0.964. The quantitative estimate of drug-likeness (QED) is 0.400. The van der Waals surface area contributed by atoms with Gasteiger partial charge in [-0.2, -0.15) is 8.42 Å². The molecule has 0 bridgehead atoms. The van der Waals surface area contributed by atoms with Crippen molar-refractivity contribution in [2.45, 2.75) is 42.9 Å². The number of hydrogen-bond acceptors (Lipinski definition) is 5. The number of aromatic nitrogens is 2. The Morgan fingerprint density at radius 2 is 1.62 bits per heavy atom. The van der Waals surface area contributed by atoms with Crippen LogP contribution >= 0.6 is 23.2 Å². The normalized spacial score (nSPS) is 17.1. The fourth-order valence-electron chi connectivity index (χ4n) is 3.95. The predicted molar refractivity (Wildman–Crippen MR) is 135 cm³/mol. The van der Waals surface area contributed by atoms with E-state index in [9.17, 15) is 26.5 Å². The lowest BCUT2D eigenvalue weighted by Crippen LogP contribution is -2.35. The van der Waals surface area contributed by atoms with Gasteiger partial charge in [-0.05, 0) is 48.2 Å². The fraction of sp³-hybridized carbons (Fsp3) is 0.333. The van der Waals surface area contributed by atoms with E-state index in [1.54, 1.807) is 14.2 Å². The predicted octanol–water partition coefficient (Wildman–Crippen LogP) is 5.00. The summed E-state index contributed by atoms with van der Waals surface area (Å²) in [6, 6.07) is 7.78. The van der Waals surface area contributed by atoms with E-state index in [0.717, 1.165) is 6.20 Å². The van der Waals surface area contributed by atoms with Crippen LogP contribution < -0.4 is 5.32 Å². The molecule has 4 rings (SSSR count). The molecule has 1 heterocycles. The molecule has 200 valence electrons. The molecule has 1 aromatic heterocycles. The summed E-state index contributed by atoms with van der Waals surface area (Å²) >= 11 is 12.0. The minimum atomic E-state index is -4.60. The molecular formula is C24H25Cl2F2N3O5S. The van der Waals surface area contributed by atoms with Crippen molar-refractivity contribution in [2.75, 3.05) is 14.2 Å². The van der Waals surface area contributed by atoms with Crippen LogP contribution in [-0.2, 0) is 19.6 Å². The van der Waals surface area contributed by atoms with E-state index in [0.29, 0.717) is 24.0 Å². The molecule has 1 saturated carbocycles. The minimum absolute atomic E-state index is 0.00463. The molecule has 0 unspecified atom stereocenters. The van der Waals surface area contributed by atoms with Crippen LogP contribution in [-0.4, -0.2) is 48.7 Å². The maximum absolute atomic E-state index is 13.8. The second-order valence-electron chi connectivity index (χ2n) is 8.37. The van der Waals surface area contributed by atoms with Gasteiger partial charge in [0.1, 0.15) is 17.5 Å². The van der Waals surface area contributed by atoms with Crippen molar-refractivity contribution in [1.29, 1.82) is 0 Å². The Labute approximate surface area is 223 Å². The second-order valence-corrected chi connectivity index (χ2v) is 10.6. The summed E-state index contributed by atoms with van der Waals surface area (Å²) < 4.78 is 68.4. The van der Waals surface area contributed by atoms with Gasteiger partial charge in [0.05, 0.1) is 28.3 Å². The van der Waals surface area contributed by atoms with Crippen molar-refractivity contribution in [3.63, 3.8) is 0 Å². The van der Waals surface area contributed by atoms with Crippen LogP contribution in [0.3, 0.4) is 0 Å². The topological polar surface area (TPSA) is 111 Å². The first-order valence-corrected chi connectivity index (χ1v) is 13.2. The maximum atomic E-state index is 13.8. The SMILES string of the molecule is CNC(C)=O.COC1CC(n2c(S(=O)(=O)O)cnc2C(c2ccc(F)c(Cl)c2)c2ccc(F)c(Cl)c2)C1. The molecule has 1 aliphatic rings. The van der Waals surface area contributed by atoms with Crippen LogP contribution in [0.1, 0.15) is 48.7 Å². The molecule has 0 atom stereocenters. The van der Waals surface area contributed by atoms with Gasteiger partial charge in [-0.15, -0.1) is 0 Å². The standard InChI is InChI=1S/C21H18Cl2F2N2O4S.C3H7NO/c1-31-14-8-13(9-14)27-19(32(28,29)30)10-26-21(27)20(11-2-4-17(24)15(22)6-11)12-3-5-18(25)16(23)7-12;1-3(5)4-2/h2-7,10,13-14,20H,8-9H2,1H3,(H,28,29,30);1-2H3,(H,4,5). The highest BCUT2D eigenvalue weighted by Gasteiger charge is 2.38. The third kappa shape index (κ3) is 6.66. The van der Waals surface area contributed by atoms with Crippen LogP contribution in [0.4, 0.5) is 8.78 Å². The van der Waals surface area contributed by atoms with Gasteiger partial charge in [0.25, 0.3) is 0 Å². The molecular weight excluding hydrogens is 551 g/mol. The molecule has 3 aromatic rings. The van der Waals surface area contributed by atoms with E-state index in [-0.39, 0.29) is 38.9 Å². The van der Waals surface area contributed by atoms with Gasteiger partial charge in [0, 0.05) is 27.1 Å². The molecule has 0 radical (unpaired) electrons. The number of hydrogen-bond donors (Lipinski definition) is 2. The molecule has 2 N–H and O–H groups in total. The zero-order valence-electron chi connectivity index (χ0n) is 20.1. The van der Waals surface area contributed by atoms with Crippen LogP contribution in [0.2, 0.25) is 10.0 Å². The van der Waals surface area contributed by atoms with Gasteiger partial charge in [0.15, 0.2) is 5.03 Å². The number of benzene rings is 2. The summed E-state index contributed by atoms with van der Waals surface area (Å²) in [5, 5.41) is 1.73. The first-order chi connectivity index (χ1) is 17.4. The van der Waals surface area contributed by atoms with E-state index in [4.69, 9.17) is 27.9 Å². The Morgan fingerprint density at radius 1 is 1.14 bits per heavy atom. The molecule has 1 amide bonds. The van der Waals surface area contributed by atoms with E-state index in [1.807, 2.05) is 0 Å². The van der Waals surface area contributed by atoms with Gasteiger partial charge < -0.3 is 14.6 Å². The number of nitrogens with one attached hydrogen (secondary N) is 1. The van der Waals surface area contributed by atoms with Crippen LogP contribution in [0.15, 0.2) is 47.6 Å². The Balaban J connectivity index is 0.000000695. The fourth-order valence-corrected chi connectivity index (χ4v) is 5.00. The zero-order chi connectivity index (χ0) is 27.5. The van der Waals surface area contributed by atoms with Crippen molar-refractivity contribution in [1.82, 2.24) is 14.9 Å². The molecule has 37 heavy (non-hydrogen) atoms. The number of amides is 1. The zero-order valence-corrected chi connectivity index (χ0v) is 22.4. The molecule has 8 nitrogen and oxygen atoms in total. The Kier molecular flexibility index (Phi) is 9.30. The van der Waals surface area contributed by atoms with Crippen molar-refractivity contribution in [2.24, 2.45) is 0 Å². The Bertz CT molecular complexity index is 1340. The number of imidazole rings is 1. The van der Waals surface area contributed by atoms with Gasteiger partial charge in [-0.1, -0.05) is 35.3 Å². The third-order valence-corrected chi connectivity index (χ3v) is 7.40. The van der Waals surface area contributed by atoms with Crippen molar-refractivity contribution in [3.8, 4) is 0 Å². The highest BCUT2D eigenvalue weighted by Crippen LogP contribution is 2.42. The average Bonchev–Trinajstić information content (AvgIpc) is 3.23. The van der Waals surface area contributed by atoms with Gasteiger partial charge in [-0.25, -0.2) is 13.8 Å². The largest absolute Gasteiger partial charge is 0.381 e. The minimum Gasteiger partial charge on any atom is -0.381 e. The number of carbonyl (C=O) groups excluding carboxylic acids is 1. The summed E-state index contributed by atoms with van der Waals surface area (Å²) in [5.74, 6) is -1.78. The summed E-state index contributed by atoms with van der Waals surface area (Å²) in [4.78, 5) is 14.0. The van der Waals surface area contributed by atoms with Crippen molar-refractivity contribution >= 4 is 39.2 Å². The molecule has 0 aliphatic heterocycles. The number of rotatable bonds is 6. The van der Waals surface area contributed by atoms with E-state index in [2.05, 4.69) is 10.3 Å². The highest BCUT2D eigenvalue weighted by molar-refractivity contribution is 7.85. The maximum Gasteiger partial charge on any atom is 0.311 e. The molecule has 0 saturated heterocycles. The van der Waals surface area contributed by atoms with Crippen molar-refractivity contribution < 1.29 is 31.3 Å². The lowest BCUT2D eigenvalue weighted by atomic mass is 9.86. The highest BCUT2D eigenvalue weighted by atomic mass is 35.5. The second kappa shape index (κ2) is 11.9. The Morgan fingerprint density at radius 3 is 2.00 bits per heavy atom. The van der Waals surface area contributed by atoms with Crippen LogP contribution in [0.25, 0.3) is 0 Å². The first kappa shape index (κ1) is 29.0. The Hall–Kier alpha value is -2.57. The molecule has 1 aliphatic carbocycles. The summed E-state index contributed by atoms with van der Waals surface area (Å²) in [7, 11) is -1.44. The summed E-state index contributed by atoms with van der Waals surface area (Å²) in [6.07, 6.45) is 2.00. The average molecular weight is 576 g/mol. The van der Waals surface area contributed by atoms with Gasteiger partial charge >= 0.3 is 10.1 Å². The lowest BCUT2D eigenvalue weighted by Gasteiger charge is -2.37. The monoisotopic (exact) mass is 575 g/mol. The molecule has 2 aromatic carbocycles. The number of ether oxygens (including phenoxy) is 1. The lowest BCUT2D eigenvalue weighted by molar-refractivity contribution is -0.118. The molecule has 0 spiro atoms. The first-order valence-electron chi connectivity index (χ1n) is 11.0. The number of nitrogens with zero attached hydrogens (tertiary/aromatic N) is 2. The van der Waals surface area contributed by atoms with E-state index >= 15 is 0 Å². The van der Waals surface area contributed by atoms with Crippen LogP contribution in [0.5, 0.6) is 0 Å². The van der Waals surface area contributed by atoms with Crippen molar-refractivity contribution in [3.05, 3.63) is 81.2 Å². The third-order valence-electron chi connectivity index (χ3n) is 5.99. The van der Waals surface area contributed by atoms with E-state index < -0.39 is 27.7 Å². The number of methoxy groups -OCH3 is 1. The number of halogens is 4.